The fourth-order valence-corrected chi connectivity index (χ4v) is 4.82. The SMILES string of the molecule is C=C[C@H](C)C[C@H]1CCC[C@@H](CC2C[C@@H](O)C[C@@H](CC(=O)O[C@@H](/C=C/I)[C@@H](C)C=C)O2)O1. The van der Waals surface area contributed by atoms with Gasteiger partial charge in [-0.1, -0.05) is 48.6 Å². The maximum Gasteiger partial charge on any atom is 0.309 e. The van der Waals surface area contributed by atoms with Gasteiger partial charge in [0, 0.05) is 12.3 Å². The van der Waals surface area contributed by atoms with E-state index < -0.39 is 6.10 Å². The fraction of sp³-hybridized carbons (Fsp3) is 0.720. The lowest BCUT2D eigenvalue weighted by atomic mass is 9.91. The molecule has 31 heavy (non-hydrogen) atoms. The monoisotopic (exact) mass is 546 g/mol. The summed E-state index contributed by atoms with van der Waals surface area (Å²) in [5, 5.41) is 10.4. The first-order valence-electron chi connectivity index (χ1n) is 11.5. The van der Waals surface area contributed by atoms with Crippen LogP contribution in [0.15, 0.2) is 35.5 Å². The van der Waals surface area contributed by atoms with Crippen LogP contribution in [0, 0.1) is 11.8 Å². The summed E-state index contributed by atoms with van der Waals surface area (Å²) in [4.78, 5) is 12.5. The number of aliphatic hydroxyl groups is 1. The van der Waals surface area contributed by atoms with Gasteiger partial charge < -0.3 is 19.3 Å². The molecule has 2 heterocycles. The Kier molecular flexibility index (Phi) is 11.8. The number of hydrogen-bond donors (Lipinski definition) is 1. The summed E-state index contributed by atoms with van der Waals surface area (Å²) in [5.74, 6) is 0.167. The number of carbonyl (C=O) groups excluding carboxylic acids is 1. The first-order valence-corrected chi connectivity index (χ1v) is 12.8. The number of ether oxygens (including phenoxy) is 3. The van der Waals surface area contributed by atoms with Gasteiger partial charge in [0.15, 0.2) is 0 Å². The first-order chi connectivity index (χ1) is 14.8. The lowest BCUT2D eigenvalue weighted by molar-refractivity contribution is -0.160. The van der Waals surface area contributed by atoms with E-state index in [1.165, 1.54) is 0 Å². The van der Waals surface area contributed by atoms with Crippen LogP contribution in [0.4, 0.5) is 0 Å². The predicted molar refractivity (Wildman–Crippen MR) is 132 cm³/mol. The summed E-state index contributed by atoms with van der Waals surface area (Å²) in [5.41, 5.74) is 0. The fourth-order valence-electron chi connectivity index (χ4n) is 4.42. The average molecular weight is 546 g/mol. The minimum atomic E-state index is -0.464. The lowest BCUT2D eigenvalue weighted by Gasteiger charge is -2.37. The number of halogens is 1. The molecule has 1 unspecified atom stereocenters. The zero-order valence-corrected chi connectivity index (χ0v) is 21.1. The van der Waals surface area contributed by atoms with Crippen molar-refractivity contribution in [3.63, 3.8) is 0 Å². The third-order valence-corrected chi connectivity index (χ3v) is 6.68. The second kappa shape index (κ2) is 13.8. The predicted octanol–water partition coefficient (Wildman–Crippen LogP) is 5.51. The van der Waals surface area contributed by atoms with Crippen LogP contribution >= 0.6 is 22.6 Å². The second-order valence-electron chi connectivity index (χ2n) is 9.07. The molecule has 0 amide bonds. The van der Waals surface area contributed by atoms with Crippen molar-refractivity contribution < 1.29 is 24.1 Å². The average Bonchev–Trinajstić information content (AvgIpc) is 2.72. The van der Waals surface area contributed by atoms with Gasteiger partial charge in [0.05, 0.1) is 36.9 Å². The van der Waals surface area contributed by atoms with E-state index >= 15 is 0 Å². The normalized spacial score (nSPS) is 32.2. The topological polar surface area (TPSA) is 65.0 Å². The molecule has 6 heteroatoms. The zero-order valence-electron chi connectivity index (χ0n) is 19.0. The van der Waals surface area contributed by atoms with Crippen molar-refractivity contribution in [3.8, 4) is 0 Å². The highest BCUT2D eigenvalue weighted by Gasteiger charge is 2.34. The van der Waals surface area contributed by atoms with E-state index in [0.717, 1.165) is 32.1 Å². The summed E-state index contributed by atoms with van der Waals surface area (Å²) in [7, 11) is 0. The van der Waals surface area contributed by atoms with Crippen molar-refractivity contribution in [2.24, 2.45) is 11.8 Å². The van der Waals surface area contributed by atoms with Crippen LogP contribution < -0.4 is 0 Å². The van der Waals surface area contributed by atoms with Gasteiger partial charge in [-0.25, -0.2) is 0 Å². The van der Waals surface area contributed by atoms with Gasteiger partial charge in [-0.3, -0.25) is 4.79 Å². The molecule has 0 aromatic rings. The number of esters is 1. The van der Waals surface area contributed by atoms with Crippen molar-refractivity contribution in [2.75, 3.05) is 0 Å². The van der Waals surface area contributed by atoms with Crippen molar-refractivity contribution in [2.45, 2.75) is 102 Å². The third kappa shape index (κ3) is 9.36. The van der Waals surface area contributed by atoms with Crippen LogP contribution in [0.2, 0.25) is 0 Å². The van der Waals surface area contributed by atoms with Crippen molar-refractivity contribution in [3.05, 3.63) is 35.5 Å². The highest BCUT2D eigenvalue weighted by Crippen LogP contribution is 2.31. The maximum atomic E-state index is 12.5. The summed E-state index contributed by atoms with van der Waals surface area (Å²) in [6, 6.07) is 0. The van der Waals surface area contributed by atoms with Crippen LogP contribution in [0.3, 0.4) is 0 Å². The van der Waals surface area contributed by atoms with Gasteiger partial charge in [-0.05, 0) is 54.6 Å². The van der Waals surface area contributed by atoms with Gasteiger partial charge in [-0.2, -0.15) is 0 Å². The molecule has 0 saturated carbocycles. The van der Waals surface area contributed by atoms with Gasteiger partial charge >= 0.3 is 5.97 Å². The third-order valence-electron chi connectivity index (χ3n) is 6.27. The summed E-state index contributed by atoms with van der Waals surface area (Å²) < 4.78 is 20.0. The van der Waals surface area contributed by atoms with Crippen LogP contribution in [-0.2, 0) is 19.0 Å². The number of rotatable bonds is 11. The number of hydrogen-bond acceptors (Lipinski definition) is 5. The Morgan fingerprint density at radius 3 is 2.48 bits per heavy atom. The molecule has 0 aromatic carbocycles. The quantitative estimate of drug-likeness (QED) is 0.211. The van der Waals surface area contributed by atoms with E-state index in [-0.39, 0.29) is 48.8 Å². The molecule has 5 nitrogen and oxygen atoms in total. The number of aliphatic hydroxyl groups excluding tert-OH is 1. The molecule has 0 aromatic heterocycles. The Bertz CT molecular complexity index is 607. The Hall–Kier alpha value is -0.700. The molecule has 0 spiro atoms. The zero-order chi connectivity index (χ0) is 22.8. The minimum Gasteiger partial charge on any atom is -0.457 e. The molecule has 8 atom stereocenters. The summed E-state index contributed by atoms with van der Waals surface area (Å²) in [6.45, 7) is 11.8. The van der Waals surface area contributed by atoms with Crippen LogP contribution in [-0.4, -0.2) is 47.7 Å². The smallest absolute Gasteiger partial charge is 0.309 e. The highest BCUT2D eigenvalue weighted by molar-refractivity contribution is 14.1. The van der Waals surface area contributed by atoms with Gasteiger partial charge in [0.2, 0.25) is 0 Å². The van der Waals surface area contributed by atoms with Crippen LogP contribution in [0.25, 0.3) is 0 Å². The Balaban J connectivity index is 1.86. The molecule has 176 valence electrons. The molecule has 0 radical (unpaired) electrons. The summed E-state index contributed by atoms with van der Waals surface area (Å²) in [6.07, 6.45) is 11.0. The van der Waals surface area contributed by atoms with Crippen molar-refractivity contribution in [1.29, 1.82) is 0 Å². The number of carbonyl (C=O) groups is 1. The molecule has 2 rings (SSSR count). The van der Waals surface area contributed by atoms with Crippen molar-refractivity contribution >= 4 is 28.6 Å². The van der Waals surface area contributed by atoms with E-state index in [0.29, 0.717) is 18.8 Å². The Labute approximate surface area is 201 Å². The highest BCUT2D eigenvalue weighted by atomic mass is 127. The maximum absolute atomic E-state index is 12.5. The van der Waals surface area contributed by atoms with E-state index in [2.05, 4.69) is 42.7 Å². The van der Waals surface area contributed by atoms with Crippen LogP contribution in [0.1, 0.15) is 65.2 Å². The van der Waals surface area contributed by atoms with Crippen LogP contribution in [0.5, 0.6) is 0 Å². The van der Waals surface area contributed by atoms with Gasteiger partial charge in [0.1, 0.15) is 6.10 Å². The molecular weight excluding hydrogens is 507 g/mol. The standard InChI is InChI=1S/C25H39IO5/c1-5-17(3)12-20-8-7-9-21(29-20)15-22-13-19(27)14-23(30-22)16-25(28)31-24(10-11-26)18(4)6-2/h5-6,10-11,17-24,27H,1-2,7-9,12-16H2,3-4H3/b11-10+/t17-,18-,19+,20+,21-,22?,23-,24-/m0/s1. The Morgan fingerprint density at radius 2 is 1.81 bits per heavy atom. The Morgan fingerprint density at radius 1 is 1.13 bits per heavy atom. The van der Waals surface area contributed by atoms with E-state index in [1.807, 2.05) is 23.2 Å². The largest absolute Gasteiger partial charge is 0.457 e. The molecule has 2 fully saturated rings. The minimum absolute atomic E-state index is 0.0285. The number of allylic oxidation sites excluding steroid dienone is 1. The molecule has 2 aliphatic rings. The van der Waals surface area contributed by atoms with Crippen molar-refractivity contribution in [1.82, 2.24) is 0 Å². The summed E-state index contributed by atoms with van der Waals surface area (Å²) >= 11 is 2.11. The molecular formula is C25H39IO5. The molecule has 1 N–H and O–H groups in total. The second-order valence-corrected chi connectivity index (χ2v) is 9.79. The van der Waals surface area contributed by atoms with E-state index in [4.69, 9.17) is 14.2 Å². The molecule has 2 aliphatic heterocycles. The molecule has 0 aliphatic carbocycles. The molecule has 0 bridgehead atoms. The molecule has 2 saturated heterocycles. The van der Waals surface area contributed by atoms with Gasteiger partial charge in [0.25, 0.3) is 0 Å². The first kappa shape index (κ1) is 26.6. The van der Waals surface area contributed by atoms with E-state index in [1.54, 1.807) is 6.08 Å². The lowest BCUT2D eigenvalue weighted by Crippen LogP contribution is -2.40. The van der Waals surface area contributed by atoms with Gasteiger partial charge in [-0.15, -0.1) is 13.2 Å². The van der Waals surface area contributed by atoms with E-state index in [9.17, 15) is 9.90 Å².